The Balaban J connectivity index is 1.71. The van der Waals surface area contributed by atoms with Crippen LogP contribution in [0.1, 0.15) is 31.2 Å². The van der Waals surface area contributed by atoms with Crippen LogP contribution in [0.4, 0.5) is 13.2 Å². The zero-order valence-electron chi connectivity index (χ0n) is 13.8. The molecule has 3 aromatic rings. The van der Waals surface area contributed by atoms with E-state index in [-0.39, 0.29) is 16.7 Å². The number of halogens is 3. The van der Waals surface area contributed by atoms with Crippen LogP contribution in [0.3, 0.4) is 0 Å². The van der Waals surface area contributed by atoms with Gasteiger partial charge in [0.05, 0.1) is 0 Å². The summed E-state index contributed by atoms with van der Waals surface area (Å²) >= 11 is 1.50. The number of rotatable bonds is 5. The highest BCUT2D eigenvalue weighted by Crippen LogP contribution is 2.43. The van der Waals surface area contributed by atoms with Crippen LogP contribution >= 0.6 is 23.5 Å². The van der Waals surface area contributed by atoms with Crippen molar-refractivity contribution in [3.05, 3.63) is 36.0 Å². The first-order chi connectivity index (χ1) is 12.4. The number of thioether (sulfide) groups is 2. The Bertz CT molecular complexity index is 951. The van der Waals surface area contributed by atoms with Crippen LogP contribution in [0.2, 0.25) is 0 Å². The summed E-state index contributed by atoms with van der Waals surface area (Å²) in [5, 5.41) is 0. The Kier molecular flexibility index (Phi) is 4.64. The highest BCUT2D eigenvalue weighted by atomic mass is 32.2. The van der Waals surface area contributed by atoms with Crippen LogP contribution in [0, 0.1) is 0 Å². The number of benzene rings is 1. The number of nitrogens with zero attached hydrogens (tertiary/aromatic N) is 2. The topological polar surface area (TPSA) is 38.9 Å². The fourth-order valence-electron chi connectivity index (χ4n) is 2.73. The molecule has 1 saturated carbocycles. The van der Waals surface area contributed by atoms with Crippen molar-refractivity contribution >= 4 is 34.6 Å². The maximum atomic E-state index is 12.6. The second-order valence-electron chi connectivity index (χ2n) is 6.02. The third-order valence-electron chi connectivity index (χ3n) is 4.02. The Morgan fingerprint density at radius 2 is 2.04 bits per heavy atom. The fraction of sp³-hybridized carbons (Fsp3) is 0.333. The van der Waals surface area contributed by atoms with E-state index in [1.54, 1.807) is 11.8 Å². The molecule has 136 valence electrons. The molecule has 2 aromatic heterocycles. The first kappa shape index (κ1) is 17.7. The first-order valence-electron chi connectivity index (χ1n) is 8.22. The number of aromatic nitrogens is 2. The molecule has 0 amide bonds. The summed E-state index contributed by atoms with van der Waals surface area (Å²) in [6.07, 6.45) is 4.24. The van der Waals surface area contributed by atoms with Crippen molar-refractivity contribution in [1.29, 1.82) is 0 Å². The van der Waals surface area contributed by atoms with E-state index in [0.717, 1.165) is 10.6 Å². The van der Waals surface area contributed by atoms with Crippen molar-refractivity contribution in [3.8, 4) is 11.6 Å². The van der Waals surface area contributed by atoms with E-state index < -0.39 is 5.51 Å². The van der Waals surface area contributed by atoms with Crippen molar-refractivity contribution in [2.24, 2.45) is 0 Å². The van der Waals surface area contributed by atoms with Gasteiger partial charge in [-0.15, -0.1) is 11.8 Å². The smallest absolute Gasteiger partial charge is 0.435 e. The van der Waals surface area contributed by atoms with E-state index >= 15 is 0 Å². The summed E-state index contributed by atoms with van der Waals surface area (Å²) in [4.78, 5) is 10.0. The van der Waals surface area contributed by atoms with Gasteiger partial charge in [0.15, 0.2) is 5.58 Å². The summed E-state index contributed by atoms with van der Waals surface area (Å²) < 4.78 is 43.5. The van der Waals surface area contributed by atoms with Crippen molar-refractivity contribution in [2.75, 3.05) is 5.75 Å². The summed E-state index contributed by atoms with van der Waals surface area (Å²) in [5.41, 5.74) is -1.61. The van der Waals surface area contributed by atoms with Gasteiger partial charge < -0.3 is 4.42 Å². The number of hydrogen-bond acceptors (Lipinski definition) is 5. The van der Waals surface area contributed by atoms with Gasteiger partial charge in [0, 0.05) is 16.0 Å². The molecule has 0 radical (unpaired) electrons. The molecular formula is C18H15F3N2OS2. The van der Waals surface area contributed by atoms with Crippen molar-refractivity contribution < 1.29 is 17.6 Å². The van der Waals surface area contributed by atoms with Gasteiger partial charge in [-0.1, -0.05) is 6.92 Å². The van der Waals surface area contributed by atoms with Crippen LogP contribution < -0.4 is 0 Å². The molecule has 0 saturated heterocycles. The standard InChI is InChI=1S/C18H15F3N2OS2/c1-2-25-15-7-11(10-3-4-10)9-22-16(15)17-23-13-8-12(26-18(19,20)21)5-6-14(13)24-17/h5-10H,2-4H2,1H3. The second kappa shape index (κ2) is 6.81. The first-order valence-corrected chi connectivity index (χ1v) is 10.0. The Hall–Kier alpha value is -1.67. The van der Waals surface area contributed by atoms with Gasteiger partial charge in [-0.05, 0) is 66.1 Å². The predicted molar refractivity (Wildman–Crippen MR) is 97.5 cm³/mol. The van der Waals surface area contributed by atoms with E-state index in [1.165, 1.54) is 36.6 Å². The van der Waals surface area contributed by atoms with Crippen LogP contribution in [-0.2, 0) is 0 Å². The van der Waals surface area contributed by atoms with Crippen LogP contribution in [0.25, 0.3) is 22.7 Å². The third-order valence-corrected chi connectivity index (χ3v) is 5.65. The molecule has 0 atom stereocenters. The van der Waals surface area contributed by atoms with E-state index in [4.69, 9.17) is 4.42 Å². The number of alkyl halides is 3. The summed E-state index contributed by atoms with van der Waals surface area (Å²) in [6, 6.07) is 6.44. The fourth-order valence-corrected chi connectivity index (χ4v) is 4.11. The molecule has 0 aliphatic heterocycles. The molecule has 0 spiro atoms. The summed E-state index contributed by atoms with van der Waals surface area (Å²) in [7, 11) is 0. The molecule has 1 aliphatic carbocycles. The van der Waals surface area contributed by atoms with E-state index in [0.29, 0.717) is 28.6 Å². The van der Waals surface area contributed by atoms with Crippen LogP contribution in [0.5, 0.6) is 0 Å². The zero-order valence-corrected chi connectivity index (χ0v) is 15.5. The highest BCUT2D eigenvalue weighted by molar-refractivity contribution is 8.00. The summed E-state index contributed by atoms with van der Waals surface area (Å²) in [6.45, 7) is 2.06. The third kappa shape index (κ3) is 3.86. The lowest BCUT2D eigenvalue weighted by Gasteiger charge is -2.06. The molecule has 3 nitrogen and oxygen atoms in total. The molecule has 2 heterocycles. The van der Waals surface area contributed by atoms with Crippen molar-refractivity contribution in [3.63, 3.8) is 0 Å². The minimum Gasteiger partial charge on any atom is -0.435 e. The Morgan fingerprint density at radius 1 is 1.23 bits per heavy atom. The average Bonchev–Trinajstić information content (AvgIpc) is 3.33. The molecule has 4 rings (SSSR count). The Labute approximate surface area is 156 Å². The number of hydrogen-bond donors (Lipinski definition) is 0. The van der Waals surface area contributed by atoms with Crippen LogP contribution in [0.15, 0.2) is 44.7 Å². The largest absolute Gasteiger partial charge is 0.446 e. The predicted octanol–water partition coefficient (Wildman–Crippen LogP) is 6.49. The summed E-state index contributed by atoms with van der Waals surface area (Å²) in [5.74, 6) is 1.82. The highest BCUT2D eigenvalue weighted by Gasteiger charge is 2.29. The quantitative estimate of drug-likeness (QED) is 0.461. The molecule has 1 aliphatic rings. The van der Waals surface area contributed by atoms with Gasteiger partial charge in [0.25, 0.3) is 0 Å². The molecule has 0 unspecified atom stereocenters. The van der Waals surface area contributed by atoms with Crippen molar-refractivity contribution in [2.45, 2.75) is 41.0 Å². The molecule has 0 bridgehead atoms. The number of pyridine rings is 1. The molecule has 0 N–H and O–H groups in total. The van der Waals surface area contributed by atoms with Gasteiger partial charge >= 0.3 is 5.51 Å². The second-order valence-corrected chi connectivity index (χ2v) is 8.46. The van der Waals surface area contributed by atoms with Gasteiger partial charge in [0.2, 0.25) is 5.89 Å². The molecule has 8 heteroatoms. The van der Waals surface area contributed by atoms with Gasteiger partial charge in [-0.3, -0.25) is 0 Å². The minimum absolute atomic E-state index is 0.0880. The normalized spacial score (nSPS) is 14.9. The number of oxazole rings is 1. The van der Waals surface area contributed by atoms with E-state index in [9.17, 15) is 13.2 Å². The lowest BCUT2D eigenvalue weighted by atomic mass is 10.2. The van der Waals surface area contributed by atoms with Gasteiger partial charge in [0.1, 0.15) is 11.2 Å². The average molecular weight is 396 g/mol. The SMILES string of the molecule is CCSc1cc(C2CC2)cnc1-c1nc2cc(SC(F)(F)F)ccc2o1. The molecule has 26 heavy (non-hydrogen) atoms. The molecular weight excluding hydrogens is 381 g/mol. The van der Waals surface area contributed by atoms with Crippen LogP contribution in [-0.4, -0.2) is 21.2 Å². The lowest BCUT2D eigenvalue weighted by molar-refractivity contribution is -0.0328. The van der Waals surface area contributed by atoms with Gasteiger partial charge in [-0.2, -0.15) is 13.2 Å². The van der Waals surface area contributed by atoms with E-state index in [2.05, 4.69) is 23.0 Å². The van der Waals surface area contributed by atoms with Gasteiger partial charge in [-0.25, -0.2) is 9.97 Å². The molecule has 1 fully saturated rings. The number of fused-ring (bicyclic) bond motifs is 1. The lowest BCUT2D eigenvalue weighted by Crippen LogP contribution is -1.98. The van der Waals surface area contributed by atoms with Crippen molar-refractivity contribution in [1.82, 2.24) is 9.97 Å². The van der Waals surface area contributed by atoms with E-state index in [1.807, 2.05) is 6.20 Å². The molecule has 1 aromatic carbocycles. The Morgan fingerprint density at radius 3 is 2.73 bits per heavy atom. The monoisotopic (exact) mass is 396 g/mol. The zero-order chi connectivity index (χ0) is 18.3. The maximum Gasteiger partial charge on any atom is 0.446 e. The minimum atomic E-state index is -4.33. The maximum absolute atomic E-state index is 12.6.